The molecule has 1 aliphatic carbocycles. The molecule has 0 amide bonds. The molecule has 294 valence electrons. The quantitative estimate of drug-likeness (QED) is 0.142. The van der Waals surface area contributed by atoms with Gasteiger partial charge in [-0.05, 0) is 118 Å². The van der Waals surface area contributed by atoms with Crippen LogP contribution in [0.25, 0.3) is 60.5 Å². The van der Waals surface area contributed by atoms with Gasteiger partial charge < -0.3 is 14.4 Å². The molecule has 3 nitrogen and oxygen atoms in total. The molecule has 1 aliphatic rings. The van der Waals surface area contributed by atoms with Crippen molar-refractivity contribution in [2.75, 3.05) is 9.80 Å². The zero-order chi connectivity index (χ0) is 41.4. The van der Waals surface area contributed by atoms with Crippen LogP contribution in [0.2, 0.25) is 0 Å². The molecule has 62 heavy (non-hydrogen) atoms. The van der Waals surface area contributed by atoms with E-state index < -0.39 is 0 Å². The van der Waals surface area contributed by atoms with E-state index in [1.807, 2.05) is 0 Å². The Hall–Kier alpha value is -7.88. The average Bonchev–Trinajstić information content (AvgIpc) is 3.79. The normalized spacial score (nSPS) is 12.8. The minimum absolute atomic E-state index is 0.138. The molecule has 0 saturated heterocycles. The van der Waals surface area contributed by atoms with Gasteiger partial charge in [-0.15, -0.1) is 0 Å². The summed E-state index contributed by atoms with van der Waals surface area (Å²) in [4.78, 5) is 4.87. The first-order valence-corrected chi connectivity index (χ1v) is 21.5. The summed E-state index contributed by atoms with van der Waals surface area (Å²) in [7, 11) is 0. The lowest BCUT2D eigenvalue weighted by Crippen LogP contribution is -2.16. The molecule has 3 heteroatoms. The monoisotopic (exact) mass is 793 g/mol. The highest BCUT2D eigenvalue weighted by Gasteiger charge is 2.36. The van der Waals surface area contributed by atoms with Crippen LogP contribution in [0.4, 0.5) is 34.1 Å². The summed E-state index contributed by atoms with van der Waals surface area (Å²) in [6.45, 7) is 4.73. The molecular formula is C59H43N3. The van der Waals surface area contributed by atoms with Gasteiger partial charge in [-0.3, -0.25) is 0 Å². The van der Waals surface area contributed by atoms with Crippen LogP contribution in [0.15, 0.2) is 224 Å². The van der Waals surface area contributed by atoms with Crippen molar-refractivity contribution in [1.82, 2.24) is 4.57 Å². The maximum atomic E-state index is 2.48. The molecule has 0 unspecified atom stereocenters. The molecule has 1 heterocycles. The van der Waals surface area contributed by atoms with Crippen molar-refractivity contribution >= 4 is 66.7 Å². The summed E-state index contributed by atoms with van der Waals surface area (Å²) in [5.41, 5.74) is 17.9. The first-order chi connectivity index (χ1) is 30.5. The second-order valence-electron chi connectivity index (χ2n) is 16.9. The number of para-hydroxylation sites is 3. The summed E-state index contributed by atoms with van der Waals surface area (Å²) in [6, 6.07) is 82.0. The van der Waals surface area contributed by atoms with Crippen LogP contribution >= 0.6 is 0 Å². The van der Waals surface area contributed by atoms with Crippen molar-refractivity contribution < 1.29 is 0 Å². The van der Waals surface area contributed by atoms with E-state index in [4.69, 9.17) is 0 Å². The fourth-order valence-electron chi connectivity index (χ4n) is 10.2. The van der Waals surface area contributed by atoms with Crippen LogP contribution < -0.4 is 9.80 Å². The van der Waals surface area contributed by atoms with E-state index in [1.165, 1.54) is 66.0 Å². The Balaban J connectivity index is 1.13. The molecule has 0 fully saturated rings. The molecule has 0 atom stereocenters. The highest BCUT2D eigenvalue weighted by molar-refractivity contribution is 6.29. The van der Waals surface area contributed by atoms with Gasteiger partial charge in [0.15, 0.2) is 0 Å². The molecule has 0 saturated carbocycles. The average molecular weight is 794 g/mol. The first-order valence-electron chi connectivity index (χ1n) is 21.5. The molecule has 0 N–H and O–H groups in total. The molecule has 1 aromatic heterocycles. The smallest absolute Gasteiger partial charge is 0.0548 e. The number of anilines is 6. The minimum atomic E-state index is -0.138. The van der Waals surface area contributed by atoms with E-state index in [0.717, 1.165) is 39.8 Å². The Labute approximate surface area is 362 Å². The van der Waals surface area contributed by atoms with Crippen LogP contribution in [0.3, 0.4) is 0 Å². The van der Waals surface area contributed by atoms with Gasteiger partial charge in [-0.1, -0.05) is 153 Å². The van der Waals surface area contributed by atoms with Crippen molar-refractivity contribution in [3.05, 3.63) is 236 Å². The van der Waals surface area contributed by atoms with E-state index >= 15 is 0 Å². The second kappa shape index (κ2) is 14.1. The van der Waals surface area contributed by atoms with E-state index in [1.54, 1.807) is 0 Å². The van der Waals surface area contributed by atoms with Gasteiger partial charge in [0.25, 0.3) is 0 Å². The van der Waals surface area contributed by atoms with Crippen molar-refractivity contribution in [1.29, 1.82) is 0 Å². The van der Waals surface area contributed by atoms with Gasteiger partial charge in [-0.2, -0.15) is 0 Å². The Morgan fingerprint density at radius 1 is 0.355 bits per heavy atom. The van der Waals surface area contributed by atoms with Crippen LogP contribution in [-0.4, -0.2) is 4.57 Å². The Morgan fingerprint density at radius 2 is 0.806 bits per heavy atom. The zero-order valence-electron chi connectivity index (χ0n) is 34.7. The van der Waals surface area contributed by atoms with Crippen LogP contribution in [0.1, 0.15) is 25.0 Å². The van der Waals surface area contributed by atoms with E-state index in [9.17, 15) is 0 Å². The molecule has 0 aliphatic heterocycles. The highest BCUT2D eigenvalue weighted by Crippen LogP contribution is 2.53. The SMILES string of the molecule is CC1(C)c2ccccc2-c2ccc(N(c3ccc(-c4ccccc4)cc3)c3ccc4c5c3ccc3c(N(c6ccccc6)c6ccccc6)ccc(c35)n4-c3ccccc3)cc21. The molecule has 0 spiro atoms. The number of benzene rings is 10. The predicted molar refractivity (Wildman–Crippen MR) is 262 cm³/mol. The summed E-state index contributed by atoms with van der Waals surface area (Å²) >= 11 is 0. The van der Waals surface area contributed by atoms with Crippen LogP contribution in [0.5, 0.6) is 0 Å². The van der Waals surface area contributed by atoms with Gasteiger partial charge >= 0.3 is 0 Å². The standard InChI is InChI=1S/C59H43N3/c1-59(2)51-26-16-15-25-47(51)48-32-31-46(39-52(48)59)61(45-29-27-41(28-30-45)40-17-7-3-8-18-40)54-36-38-56-58-50(54)34-33-49-53(35-37-55(57(49)58)62(56)44-23-13-6-14-24-44)60(42-19-9-4-10-20-42)43-21-11-5-12-22-43/h3-39H,1-2H3. The summed E-state index contributed by atoms with van der Waals surface area (Å²) in [5, 5.41) is 4.91. The lowest BCUT2D eigenvalue weighted by molar-refractivity contribution is 0.660. The number of hydrogen-bond acceptors (Lipinski definition) is 2. The highest BCUT2D eigenvalue weighted by atomic mass is 15.2. The Bertz CT molecular complexity index is 3370. The van der Waals surface area contributed by atoms with E-state index in [0.29, 0.717) is 0 Å². The minimum Gasteiger partial charge on any atom is -0.310 e. The number of fused-ring (bicyclic) bond motifs is 3. The van der Waals surface area contributed by atoms with Gasteiger partial charge in [0.2, 0.25) is 0 Å². The molecular weight excluding hydrogens is 751 g/mol. The fraction of sp³-hybridized carbons (Fsp3) is 0.0508. The van der Waals surface area contributed by atoms with Crippen molar-refractivity contribution in [3.8, 4) is 27.9 Å². The van der Waals surface area contributed by atoms with Crippen molar-refractivity contribution in [2.24, 2.45) is 0 Å². The van der Waals surface area contributed by atoms with Gasteiger partial charge in [0.1, 0.15) is 0 Å². The maximum absolute atomic E-state index is 2.48. The van der Waals surface area contributed by atoms with Crippen molar-refractivity contribution in [3.63, 3.8) is 0 Å². The van der Waals surface area contributed by atoms with Crippen LogP contribution in [0, 0.1) is 0 Å². The lowest BCUT2D eigenvalue weighted by atomic mass is 9.82. The zero-order valence-corrected chi connectivity index (χ0v) is 34.7. The van der Waals surface area contributed by atoms with Crippen LogP contribution in [-0.2, 0) is 5.41 Å². The summed E-state index contributed by atoms with van der Waals surface area (Å²) in [5.74, 6) is 0. The molecule has 0 radical (unpaired) electrons. The third kappa shape index (κ3) is 5.52. The third-order valence-corrected chi connectivity index (χ3v) is 13.1. The largest absolute Gasteiger partial charge is 0.310 e. The van der Waals surface area contributed by atoms with Gasteiger partial charge in [-0.25, -0.2) is 0 Å². The van der Waals surface area contributed by atoms with Gasteiger partial charge in [0, 0.05) is 55.4 Å². The number of aromatic nitrogens is 1. The number of rotatable bonds is 8. The molecule has 0 bridgehead atoms. The van der Waals surface area contributed by atoms with E-state index in [2.05, 4.69) is 253 Å². The van der Waals surface area contributed by atoms with Crippen molar-refractivity contribution in [2.45, 2.75) is 19.3 Å². The Morgan fingerprint density at radius 3 is 1.40 bits per heavy atom. The molecule has 11 aromatic rings. The third-order valence-electron chi connectivity index (χ3n) is 13.1. The summed E-state index contributed by atoms with van der Waals surface area (Å²) < 4.78 is 2.45. The Kier molecular flexibility index (Phi) is 8.20. The summed E-state index contributed by atoms with van der Waals surface area (Å²) in [6.07, 6.45) is 0. The van der Waals surface area contributed by atoms with E-state index in [-0.39, 0.29) is 5.41 Å². The van der Waals surface area contributed by atoms with Gasteiger partial charge in [0.05, 0.1) is 22.4 Å². The number of nitrogens with zero attached hydrogens (tertiary/aromatic N) is 3. The first kappa shape index (κ1) is 36.0. The fourth-order valence-corrected chi connectivity index (χ4v) is 10.2. The lowest BCUT2D eigenvalue weighted by Gasteiger charge is -2.29. The topological polar surface area (TPSA) is 11.4 Å². The predicted octanol–water partition coefficient (Wildman–Crippen LogP) is 16.3. The maximum Gasteiger partial charge on any atom is 0.0548 e. The molecule has 10 aromatic carbocycles. The second-order valence-corrected chi connectivity index (χ2v) is 16.9. The molecule has 12 rings (SSSR count). The number of hydrogen-bond donors (Lipinski definition) is 0.